The van der Waals surface area contributed by atoms with Crippen LogP contribution in [-0.4, -0.2) is 49.7 Å². The summed E-state index contributed by atoms with van der Waals surface area (Å²) in [7, 11) is 0. The normalized spacial score (nSPS) is 11.9. The highest BCUT2D eigenvalue weighted by atomic mass is 19.4. The first-order valence-corrected chi connectivity index (χ1v) is 4.65. The Morgan fingerprint density at radius 3 is 2.47 bits per heavy atom. The molecule has 0 spiro atoms. The van der Waals surface area contributed by atoms with Gasteiger partial charge in [0.25, 0.3) is 0 Å². The van der Waals surface area contributed by atoms with Gasteiger partial charge in [-0.25, -0.2) is 0 Å². The largest absolute Gasteiger partial charge is 0.401 e. The lowest BCUT2D eigenvalue weighted by Gasteiger charge is -2.22. The number of alkyl halides is 3. The van der Waals surface area contributed by atoms with Crippen LogP contribution in [-0.2, 0) is 4.79 Å². The maximum Gasteiger partial charge on any atom is 0.401 e. The summed E-state index contributed by atoms with van der Waals surface area (Å²) in [6.45, 7) is 0.869. The molecule has 4 nitrogen and oxygen atoms in total. The fourth-order valence-electron chi connectivity index (χ4n) is 1.11. The molecule has 0 aromatic carbocycles. The lowest BCUT2D eigenvalue weighted by molar-refractivity contribution is -0.148. The summed E-state index contributed by atoms with van der Waals surface area (Å²) in [5, 5.41) is 2.43. The van der Waals surface area contributed by atoms with E-state index in [9.17, 15) is 18.0 Å². The summed E-state index contributed by atoms with van der Waals surface area (Å²) in [6.07, 6.45) is -4.30. The molecule has 7 heteroatoms. The highest BCUT2D eigenvalue weighted by Gasteiger charge is 2.30. The zero-order chi connectivity index (χ0) is 11.9. The molecule has 0 fully saturated rings. The van der Waals surface area contributed by atoms with Crippen molar-refractivity contribution in [2.75, 3.05) is 32.7 Å². The van der Waals surface area contributed by atoms with Crippen LogP contribution in [0.5, 0.6) is 0 Å². The first kappa shape index (κ1) is 14.2. The van der Waals surface area contributed by atoms with Gasteiger partial charge in [-0.1, -0.05) is 0 Å². The minimum Gasteiger partial charge on any atom is -0.355 e. The predicted molar refractivity (Wildman–Crippen MR) is 50.2 cm³/mol. The van der Waals surface area contributed by atoms with Crippen molar-refractivity contribution < 1.29 is 18.0 Å². The number of hydrogen-bond acceptors (Lipinski definition) is 3. The molecule has 0 aliphatic carbocycles. The molecule has 0 atom stereocenters. The number of nitrogens with zero attached hydrogens (tertiary/aromatic N) is 1. The van der Waals surface area contributed by atoms with E-state index >= 15 is 0 Å². The number of likely N-dealkylation sites (N-methyl/N-ethyl adjacent to an activating group) is 1. The molecule has 0 saturated carbocycles. The minimum absolute atomic E-state index is 0.0522. The monoisotopic (exact) mass is 227 g/mol. The number of hydrogen-bond donors (Lipinski definition) is 2. The third-order valence-electron chi connectivity index (χ3n) is 1.59. The molecule has 0 radical (unpaired) electrons. The Balaban J connectivity index is 4.09. The average molecular weight is 227 g/mol. The third kappa shape index (κ3) is 8.19. The van der Waals surface area contributed by atoms with E-state index in [0.29, 0.717) is 6.54 Å². The summed E-state index contributed by atoms with van der Waals surface area (Å²) in [5.41, 5.74) is 5.16. The second kappa shape index (κ2) is 6.62. The molecule has 0 aliphatic heterocycles. The smallest absolute Gasteiger partial charge is 0.355 e. The van der Waals surface area contributed by atoms with Crippen LogP contribution in [0.25, 0.3) is 0 Å². The van der Waals surface area contributed by atoms with E-state index in [1.54, 1.807) is 6.92 Å². The molecule has 0 bridgehead atoms. The second-order valence-corrected chi connectivity index (χ2v) is 3.07. The van der Waals surface area contributed by atoms with Gasteiger partial charge in [0.1, 0.15) is 0 Å². The zero-order valence-electron chi connectivity index (χ0n) is 8.60. The Bertz CT molecular complexity index is 196. The molecule has 0 heterocycles. The van der Waals surface area contributed by atoms with E-state index in [1.807, 2.05) is 0 Å². The van der Waals surface area contributed by atoms with E-state index in [0.717, 1.165) is 4.90 Å². The molecule has 0 aliphatic rings. The van der Waals surface area contributed by atoms with Gasteiger partial charge in [-0.2, -0.15) is 13.2 Å². The molecule has 15 heavy (non-hydrogen) atoms. The summed E-state index contributed by atoms with van der Waals surface area (Å²) < 4.78 is 36.2. The van der Waals surface area contributed by atoms with Gasteiger partial charge < -0.3 is 11.1 Å². The summed E-state index contributed by atoms with van der Waals surface area (Å²) in [4.78, 5) is 12.0. The average Bonchev–Trinajstić information content (AvgIpc) is 2.01. The van der Waals surface area contributed by atoms with E-state index in [4.69, 9.17) is 5.73 Å². The lowest BCUT2D eigenvalue weighted by atomic mass is 10.4. The van der Waals surface area contributed by atoms with Crippen LogP contribution in [0.15, 0.2) is 0 Å². The molecule has 1 amide bonds. The maximum absolute atomic E-state index is 12.1. The van der Waals surface area contributed by atoms with Gasteiger partial charge in [-0.3, -0.25) is 9.69 Å². The van der Waals surface area contributed by atoms with Crippen LogP contribution in [0.1, 0.15) is 6.92 Å². The van der Waals surface area contributed by atoms with Crippen LogP contribution in [0.2, 0.25) is 0 Å². The van der Waals surface area contributed by atoms with Gasteiger partial charge >= 0.3 is 6.18 Å². The van der Waals surface area contributed by atoms with Crippen molar-refractivity contribution in [3.63, 3.8) is 0 Å². The summed E-state index contributed by atoms with van der Waals surface area (Å²) >= 11 is 0. The SMILES string of the molecule is CCNC(=O)CN(CCN)CC(F)(F)F. The van der Waals surface area contributed by atoms with Crippen LogP contribution >= 0.6 is 0 Å². The van der Waals surface area contributed by atoms with Gasteiger partial charge in [0.15, 0.2) is 0 Å². The Morgan fingerprint density at radius 2 is 2.07 bits per heavy atom. The van der Waals surface area contributed by atoms with Crippen molar-refractivity contribution in [3.05, 3.63) is 0 Å². The van der Waals surface area contributed by atoms with Crippen LogP contribution in [0.4, 0.5) is 13.2 Å². The number of rotatable bonds is 6. The van der Waals surface area contributed by atoms with Crippen LogP contribution in [0.3, 0.4) is 0 Å². The van der Waals surface area contributed by atoms with Crippen LogP contribution in [0, 0.1) is 0 Å². The number of nitrogens with two attached hydrogens (primary N) is 1. The van der Waals surface area contributed by atoms with E-state index in [2.05, 4.69) is 5.32 Å². The van der Waals surface area contributed by atoms with Crippen molar-refractivity contribution in [2.24, 2.45) is 5.73 Å². The molecular formula is C8H16F3N3O. The van der Waals surface area contributed by atoms with Crippen LogP contribution < -0.4 is 11.1 Å². The minimum atomic E-state index is -4.30. The molecule has 0 rings (SSSR count). The van der Waals surface area contributed by atoms with Gasteiger partial charge in [0.2, 0.25) is 5.91 Å². The van der Waals surface area contributed by atoms with Gasteiger partial charge in [0, 0.05) is 19.6 Å². The molecule has 3 N–H and O–H groups in total. The molecule has 0 saturated heterocycles. The summed E-state index contributed by atoms with van der Waals surface area (Å²) in [5.74, 6) is -0.421. The predicted octanol–water partition coefficient (Wildman–Crippen LogP) is -0.0545. The van der Waals surface area contributed by atoms with Crippen molar-refractivity contribution >= 4 is 5.91 Å². The van der Waals surface area contributed by atoms with E-state index in [1.165, 1.54) is 0 Å². The molecule has 90 valence electrons. The van der Waals surface area contributed by atoms with E-state index < -0.39 is 18.6 Å². The number of nitrogens with one attached hydrogen (secondary N) is 1. The number of carbonyl (C=O) groups is 1. The standard InChI is InChI=1S/C8H16F3N3O/c1-2-13-7(15)5-14(4-3-12)6-8(9,10)11/h2-6,12H2,1H3,(H,13,15). The lowest BCUT2D eigenvalue weighted by Crippen LogP contribution is -2.43. The van der Waals surface area contributed by atoms with Gasteiger partial charge in [0.05, 0.1) is 13.1 Å². The third-order valence-corrected chi connectivity index (χ3v) is 1.59. The van der Waals surface area contributed by atoms with Gasteiger partial charge in [-0.15, -0.1) is 0 Å². The van der Waals surface area contributed by atoms with Crippen molar-refractivity contribution in [2.45, 2.75) is 13.1 Å². The number of halogens is 3. The Morgan fingerprint density at radius 1 is 1.47 bits per heavy atom. The molecule has 0 aromatic rings. The Hall–Kier alpha value is -0.820. The second-order valence-electron chi connectivity index (χ2n) is 3.07. The highest BCUT2D eigenvalue weighted by Crippen LogP contribution is 2.15. The fourth-order valence-corrected chi connectivity index (χ4v) is 1.11. The zero-order valence-corrected chi connectivity index (χ0v) is 8.60. The van der Waals surface area contributed by atoms with Crippen molar-refractivity contribution in [1.82, 2.24) is 10.2 Å². The van der Waals surface area contributed by atoms with Crippen molar-refractivity contribution in [1.29, 1.82) is 0 Å². The maximum atomic E-state index is 12.1. The number of amides is 1. The fraction of sp³-hybridized carbons (Fsp3) is 0.875. The summed E-state index contributed by atoms with van der Waals surface area (Å²) in [6, 6.07) is 0. The highest BCUT2D eigenvalue weighted by molar-refractivity contribution is 5.77. The first-order valence-electron chi connectivity index (χ1n) is 4.65. The molecular weight excluding hydrogens is 211 g/mol. The topological polar surface area (TPSA) is 58.4 Å². The van der Waals surface area contributed by atoms with Gasteiger partial charge in [-0.05, 0) is 6.92 Å². The Kier molecular flexibility index (Phi) is 6.26. The van der Waals surface area contributed by atoms with Crippen molar-refractivity contribution in [3.8, 4) is 0 Å². The number of carbonyl (C=O) groups excluding carboxylic acids is 1. The quantitative estimate of drug-likeness (QED) is 0.668. The molecule has 0 aromatic heterocycles. The van der Waals surface area contributed by atoms with E-state index in [-0.39, 0.29) is 19.6 Å². The first-order chi connectivity index (χ1) is 6.89. The Labute approximate surface area is 86.6 Å². The molecule has 0 unspecified atom stereocenters.